The van der Waals surface area contributed by atoms with E-state index in [0.29, 0.717) is 34.9 Å². The number of rotatable bonds is 6. The van der Waals surface area contributed by atoms with Gasteiger partial charge in [0, 0.05) is 5.69 Å². The van der Waals surface area contributed by atoms with E-state index in [4.69, 9.17) is 9.47 Å². The summed E-state index contributed by atoms with van der Waals surface area (Å²) >= 11 is 0. The molecule has 0 radical (unpaired) electrons. The Hall–Kier alpha value is -4.06. The van der Waals surface area contributed by atoms with Crippen molar-refractivity contribution in [1.29, 1.82) is 0 Å². The highest BCUT2D eigenvalue weighted by atomic mass is 16.5. The van der Waals surface area contributed by atoms with Crippen molar-refractivity contribution in [2.45, 2.75) is 19.9 Å². The molecule has 3 aromatic rings. The van der Waals surface area contributed by atoms with Crippen LogP contribution in [0.2, 0.25) is 0 Å². The highest BCUT2D eigenvalue weighted by Gasteiger charge is 2.47. The zero-order valence-corrected chi connectivity index (χ0v) is 18.7. The molecule has 1 saturated heterocycles. The second-order valence-corrected chi connectivity index (χ2v) is 7.71. The van der Waals surface area contributed by atoms with Crippen LogP contribution >= 0.6 is 0 Å². The number of ether oxygens (including phenoxy) is 2. The van der Waals surface area contributed by atoms with Crippen LogP contribution < -0.4 is 14.4 Å². The molecule has 4 rings (SSSR count). The van der Waals surface area contributed by atoms with Crippen LogP contribution in [0.1, 0.15) is 29.7 Å². The standard InChI is InChI=1S/C27H25NO5/c1-4-33-20-13-11-18(12-14-20)24-23(25(29)21-16-17(2)10-15-22(21)32-3)26(30)27(31)28(24)19-8-6-5-7-9-19/h5-16,24,29H,4H2,1-3H3/b25-23+. The largest absolute Gasteiger partial charge is 0.507 e. The second-order valence-electron chi connectivity index (χ2n) is 7.71. The van der Waals surface area contributed by atoms with Crippen molar-refractivity contribution in [2.75, 3.05) is 18.6 Å². The van der Waals surface area contributed by atoms with E-state index in [1.54, 1.807) is 60.7 Å². The summed E-state index contributed by atoms with van der Waals surface area (Å²) in [4.78, 5) is 27.9. The van der Waals surface area contributed by atoms with Crippen LogP contribution in [0.4, 0.5) is 5.69 Å². The number of aryl methyl sites for hydroxylation is 1. The Morgan fingerprint density at radius 3 is 2.33 bits per heavy atom. The number of aliphatic hydroxyl groups excluding tert-OH is 1. The van der Waals surface area contributed by atoms with E-state index in [-0.39, 0.29) is 11.3 Å². The van der Waals surface area contributed by atoms with E-state index >= 15 is 0 Å². The van der Waals surface area contributed by atoms with E-state index in [2.05, 4.69) is 0 Å². The maximum atomic E-state index is 13.3. The number of aliphatic hydroxyl groups is 1. The maximum Gasteiger partial charge on any atom is 0.300 e. The molecule has 33 heavy (non-hydrogen) atoms. The summed E-state index contributed by atoms with van der Waals surface area (Å²) in [5.41, 5.74) is 2.49. The first-order valence-corrected chi connectivity index (χ1v) is 10.7. The van der Waals surface area contributed by atoms with Gasteiger partial charge in [0.15, 0.2) is 0 Å². The first-order valence-electron chi connectivity index (χ1n) is 10.7. The quantitative estimate of drug-likeness (QED) is 0.329. The molecule has 3 aromatic carbocycles. The summed E-state index contributed by atoms with van der Waals surface area (Å²) in [5, 5.41) is 11.4. The van der Waals surface area contributed by atoms with E-state index in [0.717, 1.165) is 5.56 Å². The zero-order valence-electron chi connectivity index (χ0n) is 18.7. The smallest absolute Gasteiger partial charge is 0.300 e. The summed E-state index contributed by atoms with van der Waals surface area (Å²) in [6, 6.07) is 20.6. The number of anilines is 1. The Morgan fingerprint density at radius 2 is 1.70 bits per heavy atom. The molecular formula is C27H25NO5. The molecule has 1 fully saturated rings. The van der Waals surface area contributed by atoms with Crippen molar-refractivity contribution >= 4 is 23.1 Å². The predicted octanol–water partition coefficient (Wildman–Crippen LogP) is 5.03. The van der Waals surface area contributed by atoms with Crippen LogP contribution in [-0.4, -0.2) is 30.5 Å². The topological polar surface area (TPSA) is 76.1 Å². The number of benzene rings is 3. The normalized spacial score (nSPS) is 17.3. The number of carbonyl (C=O) groups is 2. The van der Waals surface area contributed by atoms with Crippen LogP contribution in [0, 0.1) is 6.92 Å². The van der Waals surface area contributed by atoms with Gasteiger partial charge < -0.3 is 14.6 Å². The van der Waals surface area contributed by atoms with E-state index in [1.807, 2.05) is 26.0 Å². The van der Waals surface area contributed by atoms with Crippen LogP contribution in [0.15, 0.2) is 78.4 Å². The van der Waals surface area contributed by atoms with Gasteiger partial charge in [0.2, 0.25) is 0 Å². The number of para-hydroxylation sites is 1. The molecule has 0 bridgehead atoms. The molecule has 0 saturated carbocycles. The summed E-state index contributed by atoms with van der Waals surface area (Å²) < 4.78 is 11.0. The third-order valence-corrected chi connectivity index (χ3v) is 5.60. The van der Waals surface area contributed by atoms with Gasteiger partial charge in [0.05, 0.1) is 30.9 Å². The van der Waals surface area contributed by atoms with Gasteiger partial charge in [-0.2, -0.15) is 0 Å². The molecule has 1 unspecified atom stereocenters. The van der Waals surface area contributed by atoms with E-state index in [9.17, 15) is 14.7 Å². The fourth-order valence-electron chi connectivity index (χ4n) is 4.07. The molecule has 0 spiro atoms. The first kappa shape index (κ1) is 22.1. The van der Waals surface area contributed by atoms with Crippen molar-refractivity contribution in [3.05, 3.63) is 95.1 Å². The summed E-state index contributed by atoms with van der Waals surface area (Å²) in [7, 11) is 1.49. The zero-order chi connectivity index (χ0) is 23.5. The Balaban J connectivity index is 1.94. The molecule has 0 aromatic heterocycles. The van der Waals surface area contributed by atoms with Gasteiger partial charge in [-0.1, -0.05) is 42.0 Å². The molecule has 1 amide bonds. The summed E-state index contributed by atoms with van der Waals surface area (Å²) in [5.74, 6) is -0.633. The monoisotopic (exact) mass is 443 g/mol. The third-order valence-electron chi connectivity index (χ3n) is 5.60. The van der Waals surface area contributed by atoms with Crippen molar-refractivity contribution in [1.82, 2.24) is 0 Å². The number of hydrogen-bond donors (Lipinski definition) is 1. The Kier molecular flexibility index (Phi) is 6.18. The Bertz CT molecular complexity index is 1220. The number of amides is 1. The lowest BCUT2D eigenvalue weighted by Crippen LogP contribution is -2.29. The number of hydrogen-bond acceptors (Lipinski definition) is 5. The Morgan fingerprint density at radius 1 is 1.00 bits per heavy atom. The highest BCUT2D eigenvalue weighted by Crippen LogP contribution is 2.43. The van der Waals surface area contributed by atoms with Gasteiger partial charge in [0.25, 0.3) is 11.7 Å². The minimum atomic E-state index is -0.812. The minimum absolute atomic E-state index is 0.0110. The SMILES string of the molecule is CCOc1ccc(C2/C(=C(\O)c3cc(C)ccc3OC)C(=O)C(=O)N2c2ccccc2)cc1. The van der Waals surface area contributed by atoms with Crippen LogP contribution in [0.5, 0.6) is 11.5 Å². The van der Waals surface area contributed by atoms with Gasteiger partial charge in [-0.3, -0.25) is 14.5 Å². The van der Waals surface area contributed by atoms with Gasteiger partial charge >= 0.3 is 0 Å². The molecule has 1 heterocycles. The van der Waals surface area contributed by atoms with E-state index < -0.39 is 17.7 Å². The number of ketones is 1. The molecular weight excluding hydrogens is 418 g/mol. The summed E-state index contributed by atoms with van der Waals surface area (Å²) in [6.45, 7) is 4.30. The highest BCUT2D eigenvalue weighted by molar-refractivity contribution is 6.51. The summed E-state index contributed by atoms with van der Waals surface area (Å²) in [6.07, 6.45) is 0. The van der Waals surface area contributed by atoms with Gasteiger partial charge in [-0.25, -0.2) is 0 Å². The number of methoxy groups -OCH3 is 1. The minimum Gasteiger partial charge on any atom is -0.507 e. The molecule has 1 N–H and O–H groups in total. The Labute approximate surface area is 192 Å². The third kappa shape index (κ3) is 4.07. The van der Waals surface area contributed by atoms with E-state index in [1.165, 1.54) is 12.0 Å². The average Bonchev–Trinajstić information content (AvgIpc) is 3.10. The second kappa shape index (κ2) is 9.20. The fraction of sp³-hybridized carbons (Fsp3) is 0.185. The predicted molar refractivity (Wildman–Crippen MR) is 127 cm³/mol. The van der Waals surface area contributed by atoms with Crippen molar-refractivity contribution in [2.24, 2.45) is 0 Å². The molecule has 0 aliphatic carbocycles. The number of nitrogens with zero attached hydrogens (tertiary/aromatic N) is 1. The number of carbonyl (C=O) groups excluding carboxylic acids is 2. The molecule has 1 aliphatic rings. The molecule has 6 heteroatoms. The van der Waals surface area contributed by atoms with Crippen LogP contribution in [-0.2, 0) is 9.59 Å². The van der Waals surface area contributed by atoms with Crippen molar-refractivity contribution in [3.63, 3.8) is 0 Å². The van der Waals surface area contributed by atoms with Gasteiger partial charge in [0.1, 0.15) is 17.3 Å². The van der Waals surface area contributed by atoms with Crippen LogP contribution in [0.25, 0.3) is 5.76 Å². The molecule has 168 valence electrons. The maximum absolute atomic E-state index is 13.3. The van der Waals surface area contributed by atoms with Crippen molar-refractivity contribution < 1.29 is 24.2 Å². The lowest BCUT2D eigenvalue weighted by atomic mass is 9.94. The fourth-order valence-corrected chi connectivity index (χ4v) is 4.07. The molecule has 6 nitrogen and oxygen atoms in total. The van der Waals surface area contributed by atoms with Crippen molar-refractivity contribution in [3.8, 4) is 11.5 Å². The number of Topliss-reactive ketones (excluding diaryl/α,β-unsaturated/α-hetero) is 1. The van der Waals surface area contributed by atoms with Crippen LogP contribution in [0.3, 0.4) is 0 Å². The lowest BCUT2D eigenvalue weighted by molar-refractivity contribution is -0.132. The molecule has 1 aliphatic heterocycles. The van der Waals surface area contributed by atoms with Gasteiger partial charge in [-0.15, -0.1) is 0 Å². The lowest BCUT2D eigenvalue weighted by Gasteiger charge is -2.25. The van der Waals surface area contributed by atoms with Gasteiger partial charge in [-0.05, 0) is 55.8 Å². The molecule has 1 atom stereocenters. The average molecular weight is 443 g/mol. The first-order chi connectivity index (χ1) is 16.0.